The van der Waals surface area contributed by atoms with Crippen molar-refractivity contribution in [1.29, 1.82) is 0 Å². The number of fused-ring (bicyclic) bond motifs is 1. The highest BCUT2D eigenvalue weighted by molar-refractivity contribution is 5.79. The van der Waals surface area contributed by atoms with Crippen molar-refractivity contribution >= 4 is 11.0 Å². The average Bonchev–Trinajstić information content (AvgIpc) is 3.25. The molecule has 2 aromatic carbocycles. The first kappa shape index (κ1) is 14.4. The Morgan fingerprint density at radius 2 is 2.00 bits per heavy atom. The molecule has 0 aliphatic rings. The summed E-state index contributed by atoms with van der Waals surface area (Å²) in [6, 6.07) is 14.1. The molecule has 0 bridgehead atoms. The van der Waals surface area contributed by atoms with Crippen LogP contribution in [0.1, 0.15) is 12.5 Å². The van der Waals surface area contributed by atoms with E-state index in [1.807, 2.05) is 41.8 Å². The maximum atomic E-state index is 5.48. The van der Waals surface area contributed by atoms with E-state index < -0.39 is 0 Å². The Bertz CT molecular complexity index is 955. The summed E-state index contributed by atoms with van der Waals surface area (Å²) in [4.78, 5) is 7.37. The standard InChI is InChI=1S/C18H17N5O/c1-2-24-15-6-3-13(4-7-15)10-23-12-21-22-18(23)14-5-8-16-17(9-14)20-11-19-16/h3-9,11-12H,2,10H2,1H3,(H,19,20). The van der Waals surface area contributed by atoms with Gasteiger partial charge in [-0.25, -0.2) is 4.98 Å². The van der Waals surface area contributed by atoms with E-state index >= 15 is 0 Å². The molecule has 0 fully saturated rings. The summed E-state index contributed by atoms with van der Waals surface area (Å²) in [5.41, 5.74) is 4.11. The molecule has 0 aliphatic carbocycles. The molecule has 2 heterocycles. The van der Waals surface area contributed by atoms with Crippen molar-refractivity contribution in [2.24, 2.45) is 0 Å². The highest BCUT2D eigenvalue weighted by atomic mass is 16.5. The molecule has 120 valence electrons. The SMILES string of the molecule is CCOc1ccc(Cn2cnnc2-c2ccc3nc[nH]c3c2)cc1. The van der Waals surface area contributed by atoms with Gasteiger partial charge in [0.25, 0.3) is 0 Å². The molecule has 0 atom stereocenters. The number of ether oxygens (including phenoxy) is 1. The monoisotopic (exact) mass is 319 g/mol. The van der Waals surface area contributed by atoms with Crippen LogP contribution in [0, 0.1) is 0 Å². The smallest absolute Gasteiger partial charge is 0.164 e. The number of imidazole rings is 1. The minimum Gasteiger partial charge on any atom is -0.494 e. The van der Waals surface area contributed by atoms with Gasteiger partial charge in [0.1, 0.15) is 12.1 Å². The number of hydrogen-bond donors (Lipinski definition) is 1. The second-order valence-corrected chi connectivity index (χ2v) is 5.49. The number of aromatic amines is 1. The van der Waals surface area contributed by atoms with Gasteiger partial charge in [0.2, 0.25) is 0 Å². The van der Waals surface area contributed by atoms with Crippen LogP contribution in [0.15, 0.2) is 55.1 Å². The largest absolute Gasteiger partial charge is 0.494 e. The molecule has 2 aromatic heterocycles. The fraction of sp³-hybridized carbons (Fsp3) is 0.167. The topological polar surface area (TPSA) is 68.6 Å². The van der Waals surface area contributed by atoms with Crippen LogP contribution in [-0.2, 0) is 6.54 Å². The number of rotatable bonds is 5. The molecule has 6 heteroatoms. The Labute approximate surface area is 139 Å². The van der Waals surface area contributed by atoms with Crippen molar-refractivity contribution in [2.75, 3.05) is 6.61 Å². The summed E-state index contributed by atoms with van der Waals surface area (Å²) in [5.74, 6) is 1.72. The summed E-state index contributed by atoms with van der Waals surface area (Å²) < 4.78 is 7.52. The number of aromatic nitrogens is 5. The molecule has 0 radical (unpaired) electrons. The third kappa shape index (κ3) is 2.74. The zero-order chi connectivity index (χ0) is 16.4. The first-order chi connectivity index (χ1) is 11.8. The molecule has 0 saturated heterocycles. The van der Waals surface area contributed by atoms with Crippen LogP contribution in [0.5, 0.6) is 5.75 Å². The fourth-order valence-electron chi connectivity index (χ4n) is 2.72. The van der Waals surface area contributed by atoms with Crippen molar-refractivity contribution in [3.8, 4) is 17.1 Å². The average molecular weight is 319 g/mol. The van der Waals surface area contributed by atoms with E-state index in [4.69, 9.17) is 4.74 Å². The van der Waals surface area contributed by atoms with Crippen LogP contribution in [-0.4, -0.2) is 31.3 Å². The summed E-state index contributed by atoms with van der Waals surface area (Å²) in [5, 5.41) is 8.35. The van der Waals surface area contributed by atoms with Crippen LogP contribution in [0.4, 0.5) is 0 Å². The van der Waals surface area contributed by atoms with E-state index in [1.54, 1.807) is 12.7 Å². The van der Waals surface area contributed by atoms with Crippen LogP contribution >= 0.6 is 0 Å². The minimum absolute atomic E-state index is 0.672. The lowest BCUT2D eigenvalue weighted by Gasteiger charge is -2.08. The number of nitrogens with one attached hydrogen (secondary N) is 1. The Hall–Kier alpha value is -3.15. The molecule has 0 amide bonds. The lowest BCUT2D eigenvalue weighted by molar-refractivity contribution is 0.340. The van der Waals surface area contributed by atoms with Crippen molar-refractivity contribution in [2.45, 2.75) is 13.5 Å². The maximum absolute atomic E-state index is 5.48. The van der Waals surface area contributed by atoms with E-state index in [1.165, 1.54) is 5.56 Å². The van der Waals surface area contributed by atoms with Gasteiger partial charge in [-0.05, 0) is 42.8 Å². The van der Waals surface area contributed by atoms with Crippen molar-refractivity contribution in [1.82, 2.24) is 24.7 Å². The molecular formula is C18H17N5O. The van der Waals surface area contributed by atoms with Crippen LogP contribution in [0.3, 0.4) is 0 Å². The predicted molar refractivity (Wildman–Crippen MR) is 91.8 cm³/mol. The van der Waals surface area contributed by atoms with Crippen molar-refractivity contribution < 1.29 is 4.74 Å². The zero-order valence-corrected chi connectivity index (χ0v) is 13.3. The summed E-state index contributed by atoms with van der Waals surface area (Å²) in [6.07, 6.45) is 3.45. The van der Waals surface area contributed by atoms with Gasteiger partial charge in [0, 0.05) is 5.56 Å². The molecule has 6 nitrogen and oxygen atoms in total. The number of nitrogens with zero attached hydrogens (tertiary/aromatic N) is 4. The molecular weight excluding hydrogens is 302 g/mol. The number of H-pyrrole nitrogens is 1. The number of benzene rings is 2. The third-order valence-corrected chi connectivity index (χ3v) is 3.88. The van der Waals surface area contributed by atoms with Crippen molar-refractivity contribution in [3.05, 3.63) is 60.7 Å². The minimum atomic E-state index is 0.672. The highest BCUT2D eigenvalue weighted by Gasteiger charge is 2.09. The second kappa shape index (κ2) is 6.16. The lowest BCUT2D eigenvalue weighted by Crippen LogP contribution is -2.01. The van der Waals surface area contributed by atoms with Gasteiger partial charge in [-0.2, -0.15) is 0 Å². The Morgan fingerprint density at radius 3 is 2.83 bits per heavy atom. The first-order valence-corrected chi connectivity index (χ1v) is 7.86. The Morgan fingerprint density at radius 1 is 1.12 bits per heavy atom. The maximum Gasteiger partial charge on any atom is 0.164 e. The van der Waals surface area contributed by atoms with Gasteiger partial charge in [-0.1, -0.05) is 12.1 Å². The molecule has 24 heavy (non-hydrogen) atoms. The van der Waals surface area contributed by atoms with E-state index in [-0.39, 0.29) is 0 Å². The third-order valence-electron chi connectivity index (χ3n) is 3.88. The molecule has 0 saturated carbocycles. The normalized spacial score (nSPS) is 11.0. The number of hydrogen-bond acceptors (Lipinski definition) is 4. The molecule has 0 unspecified atom stereocenters. The summed E-state index contributed by atoms with van der Waals surface area (Å²) in [6.45, 7) is 3.36. The lowest BCUT2D eigenvalue weighted by atomic mass is 10.1. The Kier molecular flexibility index (Phi) is 3.70. The van der Waals surface area contributed by atoms with Crippen LogP contribution in [0.25, 0.3) is 22.4 Å². The van der Waals surface area contributed by atoms with E-state index in [0.717, 1.165) is 28.2 Å². The van der Waals surface area contributed by atoms with E-state index in [0.29, 0.717) is 13.2 Å². The predicted octanol–water partition coefficient (Wildman–Crippen LogP) is 3.27. The summed E-state index contributed by atoms with van der Waals surface area (Å²) >= 11 is 0. The molecule has 0 spiro atoms. The Balaban J connectivity index is 1.62. The summed E-state index contributed by atoms with van der Waals surface area (Å²) in [7, 11) is 0. The van der Waals surface area contributed by atoms with Gasteiger partial charge in [0.15, 0.2) is 5.82 Å². The molecule has 4 aromatic rings. The first-order valence-electron chi connectivity index (χ1n) is 7.86. The quantitative estimate of drug-likeness (QED) is 0.613. The van der Waals surface area contributed by atoms with Gasteiger partial charge in [0.05, 0.1) is 30.5 Å². The molecule has 1 N–H and O–H groups in total. The van der Waals surface area contributed by atoms with Gasteiger partial charge >= 0.3 is 0 Å². The molecule has 0 aliphatic heterocycles. The molecule has 4 rings (SSSR count). The zero-order valence-electron chi connectivity index (χ0n) is 13.3. The van der Waals surface area contributed by atoms with Crippen LogP contribution in [0.2, 0.25) is 0 Å². The van der Waals surface area contributed by atoms with E-state index in [2.05, 4.69) is 32.3 Å². The highest BCUT2D eigenvalue weighted by Crippen LogP contribution is 2.22. The van der Waals surface area contributed by atoms with Crippen LogP contribution < -0.4 is 4.74 Å². The van der Waals surface area contributed by atoms with E-state index in [9.17, 15) is 0 Å². The van der Waals surface area contributed by atoms with Gasteiger partial charge in [-0.15, -0.1) is 10.2 Å². The van der Waals surface area contributed by atoms with Gasteiger partial charge in [-0.3, -0.25) is 0 Å². The van der Waals surface area contributed by atoms with Gasteiger partial charge < -0.3 is 14.3 Å². The fourth-order valence-corrected chi connectivity index (χ4v) is 2.72. The second-order valence-electron chi connectivity index (χ2n) is 5.49. The van der Waals surface area contributed by atoms with Crippen molar-refractivity contribution in [3.63, 3.8) is 0 Å².